The Bertz CT molecular complexity index is 953. The molecule has 2 N–H and O–H groups in total. The first kappa shape index (κ1) is 19.2. The fourth-order valence-electron chi connectivity index (χ4n) is 2.53. The molecule has 0 aliphatic heterocycles. The van der Waals surface area contributed by atoms with Gasteiger partial charge in [-0.3, -0.25) is 9.59 Å². The number of para-hydroxylation sites is 1. The van der Waals surface area contributed by atoms with Gasteiger partial charge >= 0.3 is 0 Å². The van der Waals surface area contributed by atoms with Crippen molar-refractivity contribution in [3.63, 3.8) is 0 Å². The third-order valence-electron chi connectivity index (χ3n) is 3.98. The van der Waals surface area contributed by atoms with Gasteiger partial charge in [0, 0.05) is 12.6 Å². The number of rotatable bonds is 7. The molecule has 0 aliphatic carbocycles. The molecule has 28 heavy (non-hydrogen) atoms. The van der Waals surface area contributed by atoms with Gasteiger partial charge in [-0.2, -0.15) is 0 Å². The van der Waals surface area contributed by atoms with Crippen LogP contribution in [0.15, 0.2) is 65.2 Å². The van der Waals surface area contributed by atoms with Gasteiger partial charge in [-0.25, -0.2) is 0 Å². The molecule has 144 valence electrons. The van der Waals surface area contributed by atoms with E-state index in [0.29, 0.717) is 29.4 Å². The predicted octanol–water partition coefficient (Wildman–Crippen LogP) is 3.32. The van der Waals surface area contributed by atoms with Crippen molar-refractivity contribution in [2.75, 3.05) is 5.32 Å². The van der Waals surface area contributed by atoms with E-state index in [4.69, 9.17) is 9.26 Å². The van der Waals surface area contributed by atoms with Crippen LogP contribution in [0, 0.1) is 6.92 Å². The van der Waals surface area contributed by atoms with E-state index in [2.05, 4.69) is 15.8 Å². The number of carbonyl (C=O) groups excluding carboxylic acids is 2. The first-order valence-corrected chi connectivity index (χ1v) is 8.85. The number of nitrogens with one attached hydrogen (secondary N) is 2. The summed E-state index contributed by atoms with van der Waals surface area (Å²) in [5.74, 6) is 0.551. The van der Waals surface area contributed by atoms with Crippen LogP contribution in [0.4, 0.5) is 5.82 Å². The summed E-state index contributed by atoms with van der Waals surface area (Å²) < 4.78 is 10.6. The van der Waals surface area contributed by atoms with Crippen LogP contribution < -0.4 is 15.4 Å². The zero-order valence-corrected chi connectivity index (χ0v) is 15.6. The van der Waals surface area contributed by atoms with E-state index in [1.807, 2.05) is 30.3 Å². The average molecular weight is 379 g/mol. The summed E-state index contributed by atoms with van der Waals surface area (Å²) >= 11 is 0. The van der Waals surface area contributed by atoms with Gasteiger partial charge in [0.25, 0.3) is 11.8 Å². The Kier molecular flexibility index (Phi) is 6.06. The van der Waals surface area contributed by atoms with Crippen LogP contribution in [0.1, 0.15) is 28.6 Å². The Morgan fingerprint density at radius 2 is 1.82 bits per heavy atom. The number of aromatic nitrogens is 1. The van der Waals surface area contributed by atoms with Gasteiger partial charge in [0.15, 0.2) is 11.9 Å². The summed E-state index contributed by atoms with van der Waals surface area (Å²) in [4.78, 5) is 24.9. The summed E-state index contributed by atoms with van der Waals surface area (Å²) in [5, 5.41) is 9.19. The molecular formula is C21H21N3O4. The third kappa shape index (κ3) is 4.97. The minimum absolute atomic E-state index is 0.279. The standard InChI is InChI=1S/C21H21N3O4/c1-14-12-19(24-28-14)23-20(25)15(2)27-18-11-7-6-10-17(18)21(26)22-13-16-8-4-3-5-9-16/h3-12,15H,13H2,1-2H3,(H,22,26)(H,23,24,25). The molecule has 0 aliphatic rings. The maximum absolute atomic E-state index is 12.6. The maximum atomic E-state index is 12.6. The highest BCUT2D eigenvalue weighted by Crippen LogP contribution is 2.20. The van der Waals surface area contributed by atoms with Crippen molar-refractivity contribution in [1.29, 1.82) is 0 Å². The van der Waals surface area contributed by atoms with E-state index in [1.54, 1.807) is 44.2 Å². The normalized spacial score (nSPS) is 11.5. The lowest BCUT2D eigenvalue weighted by molar-refractivity contribution is -0.122. The molecule has 0 saturated heterocycles. The Morgan fingerprint density at radius 1 is 1.11 bits per heavy atom. The zero-order valence-electron chi connectivity index (χ0n) is 15.6. The number of hydrogen-bond acceptors (Lipinski definition) is 5. The number of anilines is 1. The van der Waals surface area contributed by atoms with Crippen molar-refractivity contribution < 1.29 is 18.8 Å². The van der Waals surface area contributed by atoms with Gasteiger partial charge < -0.3 is 19.9 Å². The molecule has 2 aromatic carbocycles. The van der Waals surface area contributed by atoms with E-state index in [-0.39, 0.29) is 5.91 Å². The molecule has 7 nitrogen and oxygen atoms in total. The molecule has 0 bridgehead atoms. The highest BCUT2D eigenvalue weighted by molar-refractivity contribution is 5.97. The number of aryl methyl sites for hydroxylation is 1. The molecule has 0 radical (unpaired) electrons. The smallest absolute Gasteiger partial charge is 0.266 e. The Balaban J connectivity index is 1.64. The first-order valence-electron chi connectivity index (χ1n) is 8.85. The quantitative estimate of drug-likeness (QED) is 0.657. The number of hydrogen-bond donors (Lipinski definition) is 2. The molecule has 1 aromatic heterocycles. The minimum Gasteiger partial charge on any atom is -0.480 e. The number of ether oxygens (including phenoxy) is 1. The van der Waals surface area contributed by atoms with Crippen molar-refractivity contribution in [2.24, 2.45) is 0 Å². The van der Waals surface area contributed by atoms with E-state index in [9.17, 15) is 9.59 Å². The third-order valence-corrected chi connectivity index (χ3v) is 3.98. The van der Waals surface area contributed by atoms with Gasteiger partial charge in [-0.05, 0) is 31.5 Å². The molecule has 3 aromatic rings. The van der Waals surface area contributed by atoms with Crippen molar-refractivity contribution in [3.05, 3.63) is 77.6 Å². The Labute approximate surface area is 162 Å². The molecule has 7 heteroatoms. The SMILES string of the molecule is Cc1cc(NC(=O)C(C)Oc2ccccc2C(=O)NCc2ccccc2)no1. The number of amides is 2. The zero-order chi connectivity index (χ0) is 19.9. The number of nitrogens with zero attached hydrogens (tertiary/aromatic N) is 1. The van der Waals surface area contributed by atoms with E-state index >= 15 is 0 Å². The van der Waals surface area contributed by atoms with Crippen LogP contribution in [0.5, 0.6) is 5.75 Å². The van der Waals surface area contributed by atoms with Crippen LogP contribution in [0.25, 0.3) is 0 Å². The molecule has 0 fully saturated rings. The minimum atomic E-state index is -0.833. The summed E-state index contributed by atoms with van der Waals surface area (Å²) in [7, 11) is 0. The number of carbonyl (C=O) groups is 2. The monoisotopic (exact) mass is 379 g/mol. The molecule has 0 saturated carbocycles. The summed E-state index contributed by atoms with van der Waals surface area (Å²) in [5.41, 5.74) is 1.35. The lowest BCUT2D eigenvalue weighted by atomic mass is 10.1. The van der Waals surface area contributed by atoms with Crippen molar-refractivity contribution >= 4 is 17.6 Å². The van der Waals surface area contributed by atoms with Crippen LogP contribution in [-0.4, -0.2) is 23.1 Å². The van der Waals surface area contributed by atoms with Gasteiger partial charge in [-0.1, -0.05) is 47.6 Å². The summed E-state index contributed by atoms with van der Waals surface area (Å²) in [6, 6.07) is 18.0. The molecule has 1 heterocycles. The van der Waals surface area contributed by atoms with Crippen LogP contribution in [-0.2, 0) is 11.3 Å². The second-order valence-corrected chi connectivity index (χ2v) is 6.24. The second-order valence-electron chi connectivity index (χ2n) is 6.24. The Morgan fingerprint density at radius 3 is 2.54 bits per heavy atom. The van der Waals surface area contributed by atoms with E-state index in [0.717, 1.165) is 5.56 Å². The highest BCUT2D eigenvalue weighted by atomic mass is 16.5. The molecule has 1 atom stereocenters. The van der Waals surface area contributed by atoms with Gasteiger partial charge in [-0.15, -0.1) is 0 Å². The van der Waals surface area contributed by atoms with E-state index < -0.39 is 12.0 Å². The number of benzene rings is 2. The molecule has 3 rings (SSSR count). The summed E-state index contributed by atoms with van der Waals surface area (Å²) in [6.07, 6.45) is -0.833. The Hall–Kier alpha value is -3.61. The van der Waals surface area contributed by atoms with E-state index in [1.165, 1.54) is 0 Å². The van der Waals surface area contributed by atoms with Gasteiger partial charge in [0.05, 0.1) is 5.56 Å². The first-order chi connectivity index (χ1) is 13.5. The molecule has 1 unspecified atom stereocenters. The molecule has 0 spiro atoms. The van der Waals surface area contributed by atoms with Crippen molar-refractivity contribution in [2.45, 2.75) is 26.5 Å². The maximum Gasteiger partial charge on any atom is 0.266 e. The van der Waals surface area contributed by atoms with Crippen molar-refractivity contribution in [1.82, 2.24) is 10.5 Å². The van der Waals surface area contributed by atoms with Gasteiger partial charge in [0.2, 0.25) is 0 Å². The lowest BCUT2D eigenvalue weighted by Crippen LogP contribution is -2.31. The van der Waals surface area contributed by atoms with Crippen LogP contribution in [0.2, 0.25) is 0 Å². The fraction of sp³-hybridized carbons (Fsp3) is 0.190. The highest BCUT2D eigenvalue weighted by Gasteiger charge is 2.20. The summed E-state index contributed by atoms with van der Waals surface area (Å²) in [6.45, 7) is 3.73. The van der Waals surface area contributed by atoms with Gasteiger partial charge in [0.1, 0.15) is 11.5 Å². The molecular weight excluding hydrogens is 358 g/mol. The predicted molar refractivity (Wildman–Crippen MR) is 104 cm³/mol. The lowest BCUT2D eigenvalue weighted by Gasteiger charge is -2.16. The van der Waals surface area contributed by atoms with Crippen LogP contribution >= 0.6 is 0 Å². The topological polar surface area (TPSA) is 93.5 Å². The van der Waals surface area contributed by atoms with Crippen molar-refractivity contribution in [3.8, 4) is 5.75 Å². The average Bonchev–Trinajstić information content (AvgIpc) is 3.12. The fourth-order valence-corrected chi connectivity index (χ4v) is 2.53. The van der Waals surface area contributed by atoms with Crippen LogP contribution in [0.3, 0.4) is 0 Å². The molecule has 2 amide bonds. The largest absolute Gasteiger partial charge is 0.480 e. The second kappa shape index (κ2) is 8.85.